The minimum absolute atomic E-state index is 0.126. The molecular weight excluding hydrogens is 272 g/mol. The van der Waals surface area contributed by atoms with E-state index in [-0.39, 0.29) is 12.5 Å². The van der Waals surface area contributed by atoms with Crippen LogP contribution in [0, 0.1) is 11.3 Å². The number of methoxy groups -OCH3 is 1. The molecule has 0 saturated carbocycles. The smallest absolute Gasteiger partial charge is 0.325 e. The molecule has 1 unspecified atom stereocenters. The number of nitrogens with zero attached hydrogens (tertiary/aromatic N) is 2. The predicted molar refractivity (Wildman–Crippen MR) is 75.5 cm³/mol. The van der Waals surface area contributed by atoms with Crippen molar-refractivity contribution >= 4 is 11.9 Å². The van der Waals surface area contributed by atoms with Crippen molar-refractivity contribution in [3.05, 3.63) is 29.8 Å². The van der Waals surface area contributed by atoms with E-state index in [1.807, 2.05) is 6.07 Å². The van der Waals surface area contributed by atoms with Gasteiger partial charge in [-0.3, -0.25) is 9.59 Å². The molecule has 0 aliphatic carbocycles. The largest absolute Gasteiger partial charge is 0.480 e. The zero-order valence-electron chi connectivity index (χ0n) is 12.3. The molecular formula is C15H18N2O4. The Balaban J connectivity index is 2.77. The van der Waals surface area contributed by atoms with Crippen LogP contribution in [0.4, 0.5) is 0 Å². The Kier molecular flexibility index (Phi) is 6.21. The Hall–Kier alpha value is -2.55. The second-order valence-electron chi connectivity index (χ2n) is 4.30. The number of nitriles is 1. The summed E-state index contributed by atoms with van der Waals surface area (Å²) in [5, 5.41) is 8.99. The summed E-state index contributed by atoms with van der Waals surface area (Å²) in [6.07, 6.45) is -0.802. The second-order valence-corrected chi connectivity index (χ2v) is 4.30. The Morgan fingerprint density at radius 3 is 2.62 bits per heavy atom. The number of amides is 1. The van der Waals surface area contributed by atoms with Crippen LogP contribution in [0.1, 0.15) is 19.4 Å². The third-order valence-corrected chi connectivity index (χ3v) is 2.90. The van der Waals surface area contributed by atoms with Crippen LogP contribution in [-0.4, -0.2) is 43.1 Å². The lowest BCUT2D eigenvalue weighted by Gasteiger charge is -2.24. The molecule has 6 heteroatoms. The number of hydrogen-bond acceptors (Lipinski definition) is 5. The van der Waals surface area contributed by atoms with Crippen molar-refractivity contribution in [2.45, 2.75) is 20.0 Å². The molecule has 1 atom stereocenters. The van der Waals surface area contributed by atoms with Crippen LogP contribution in [0.5, 0.6) is 5.75 Å². The quantitative estimate of drug-likeness (QED) is 0.739. The average molecular weight is 290 g/mol. The molecule has 1 aromatic rings. The van der Waals surface area contributed by atoms with Crippen LogP contribution in [-0.2, 0) is 14.3 Å². The highest BCUT2D eigenvalue weighted by molar-refractivity contribution is 5.85. The van der Waals surface area contributed by atoms with Crippen molar-refractivity contribution in [2.24, 2.45) is 0 Å². The first kappa shape index (κ1) is 16.5. The normalized spacial score (nSPS) is 11.1. The van der Waals surface area contributed by atoms with Crippen LogP contribution in [0.25, 0.3) is 0 Å². The number of rotatable bonds is 6. The summed E-state index contributed by atoms with van der Waals surface area (Å²) in [6, 6.07) is 8.67. The van der Waals surface area contributed by atoms with Crippen molar-refractivity contribution in [1.29, 1.82) is 5.26 Å². The number of esters is 1. The van der Waals surface area contributed by atoms with Crippen molar-refractivity contribution in [3.8, 4) is 11.8 Å². The van der Waals surface area contributed by atoms with Gasteiger partial charge < -0.3 is 14.4 Å². The lowest BCUT2D eigenvalue weighted by Crippen LogP contribution is -2.43. The number of benzene rings is 1. The van der Waals surface area contributed by atoms with E-state index in [9.17, 15) is 9.59 Å². The summed E-state index contributed by atoms with van der Waals surface area (Å²) < 4.78 is 10.1. The van der Waals surface area contributed by atoms with Crippen LogP contribution in [0.3, 0.4) is 0 Å². The summed E-state index contributed by atoms with van der Waals surface area (Å²) >= 11 is 0. The van der Waals surface area contributed by atoms with E-state index in [0.717, 1.165) is 0 Å². The number of para-hydroxylation sites is 1. The lowest BCUT2D eigenvalue weighted by atomic mass is 10.2. The maximum absolute atomic E-state index is 12.2. The van der Waals surface area contributed by atoms with E-state index in [1.165, 1.54) is 12.0 Å². The van der Waals surface area contributed by atoms with E-state index in [0.29, 0.717) is 17.9 Å². The maximum atomic E-state index is 12.2. The topological polar surface area (TPSA) is 79.6 Å². The van der Waals surface area contributed by atoms with E-state index in [1.54, 1.807) is 38.1 Å². The van der Waals surface area contributed by atoms with Gasteiger partial charge >= 0.3 is 5.97 Å². The highest BCUT2D eigenvalue weighted by atomic mass is 16.5. The molecule has 1 rings (SSSR count). The van der Waals surface area contributed by atoms with Gasteiger partial charge in [-0.2, -0.15) is 5.26 Å². The van der Waals surface area contributed by atoms with E-state index >= 15 is 0 Å². The molecule has 0 aromatic heterocycles. The van der Waals surface area contributed by atoms with Gasteiger partial charge in [-0.05, 0) is 26.0 Å². The molecule has 0 saturated heterocycles. The van der Waals surface area contributed by atoms with Gasteiger partial charge in [0.25, 0.3) is 5.91 Å². The predicted octanol–water partition coefficient (Wildman–Crippen LogP) is 1.35. The molecule has 0 spiro atoms. The fourth-order valence-corrected chi connectivity index (χ4v) is 1.73. The van der Waals surface area contributed by atoms with Crippen LogP contribution in [0.2, 0.25) is 0 Å². The number of carbonyl (C=O) groups is 2. The van der Waals surface area contributed by atoms with Crippen LogP contribution >= 0.6 is 0 Å². The van der Waals surface area contributed by atoms with Gasteiger partial charge in [0.2, 0.25) is 0 Å². The molecule has 0 bridgehead atoms. The first-order valence-electron chi connectivity index (χ1n) is 6.54. The van der Waals surface area contributed by atoms with Crippen molar-refractivity contribution in [1.82, 2.24) is 4.90 Å². The SMILES string of the molecule is CCN(CC(=O)OC)C(=O)C(C)Oc1ccccc1C#N. The molecule has 112 valence electrons. The molecule has 0 radical (unpaired) electrons. The molecule has 1 amide bonds. The Labute approximate surface area is 123 Å². The second kappa shape index (κ2) is 7.90. The molecule has 1 aromatic carbocycles. The molecule has 0 heterocycles. The van der Waals surface area contributed by atoms with Gasteiger partial charge in [-0.15, -0.1) is 0 Å². The summed E-state index contributed by atoms with van der Waals surface area (Å²) in [5.74, 6) is -0.486. The highest BCUT2D eigenvalue weighted by Crippen LogP contribution is 2.18. The van der Waals surface area contributed by atoms with Crippen LogP contribution < -0.4 is 4.74 Å². The molecule has 0 fully saturated rings. The molecule has 0 aliphatic heterocycles. The molecule has 21 heavy (non-hydrogen) atoms. The maximum Gasteiger partial charge on any atom is 0.325 e. The highest BCUT2D eigenvalue weighted by Gasteiger charge is 2.23. The Bertz CT molecular complexity index is 551. The number of likely N-dealkylation sites (N-methyl/N-ethyl adjacent to an activating group) is 1. The Morgan fingerprint density at radius 2 is 2.05 bits per heavy atom. The molecule has 0 aliphatic rings. The van der Waals surface area contributed by atoms with Gasteiger partial charge in [-0.25, -0.2) is 0 Å². The number of ether oxygens (including phenoxy) is 2. The molecule has 0 N–H and O–H groups in total. The third-order valence-electron chi connectivity index (χ3n) is 2.90. The standard InChI is InChI=1S/C15H18N2O4/c1-4-17(10-14(18)20-3)15(19)11(2)21-13-8-6-5-7-12(13)9-16/h5-8,11H,4,10H2,1-3H3. The number of hydrogen-bond donors (Lipinski definition) is 0. The van der Waals surface area contributed by atoms with Gasteiger partial charge in [-0.1, -0.05) is 12.1 Å². The zero-order valence-corrected chi connectivity index (χ0v) is 12.3. The van der Waals surface area contributed by atoms with Crippen molar-refractivity contribution in [2.75, 3.05) is 20.2 Å². The van der Waals surface area contributed by atoms with E-state index < -0.39 is 12.1 Å². The fraction of sp³-hybridized carbons (Fsp3) is 0.400. The lowest BCUT2D eigenvalue weighted by molar-refractivity contribution is -0.149. The van der Waals surface area contributed by atoms with Crippen molar-refractivity contribution < 1.29 is 19.1 Å². The summed E-state index contributed by atoms with van der Waals surface area (Å²) in [4.78, 5) is 24.8. The first-order valence-corrected chi connectivity index (χ1v) is 6.54. The summed E-state index contributed by atoms with van der Waals surface area (Å²) in [6.45, 7) is 3.58. The zero-order chi connectivity index (χ0) is 15.8. The van der Waals surface area contributed by atoms with Crippen molar-refractivity contribution in [3.63, 3.8) is 0 Å². The van der Waals surface area contributed by atoms with Gasteiger partial charge in [0.1, 0.15) is 18.4 Å². The first-order chi connectivity index (χ1) is 10.0. The van der Waals surface area contributed by atoms with Gasteiger partial charge in [0.05, 0.1) is 12.7 Å². The monoisotopic (exact) mass is 290 g/mol. The summed E-state index contributed by atoms with van der Waals surface area (Å²) in [7, 11) is 1.27. The third kappa shape index (κ3) is 4.49. The van der Waals surface area contributed by atoms with Crippen LogP contribution in [0.15, 0.2) is 24.3 Å². The van der Waals surface area contributed by atoms with Gasteiger partial charge in [0, 0.05) is 6.54 Å². The van der Waals surface area contributed by atoms with E-state index in [2.05, 4.69) is 4.74 Å². The van der Waals surface area contributed by atoms with Gasteiger partial charge in [0.15, 0.2) is 6.10 Å². The summed E-state index contributed by atoms with van der Waals surface area (Å²) in [5.41, 5.74) is 0.355. The van der Waals surface area contributed by atoms with E-state index in [4.69, 9.17) is 10.00 Å². The minimum atomic E-state index is -0.802. The average Bonchev–Trinajstić information content (AvgIpc) is 2.51. The Morgan fingerprint density at radius 1 is 1.38 bits per heavy atom. The fourth-order valence-electron chi connectivity index (χ4n) is 1.73. The molecule has 6 nitrogen and oxygen atoms in total. The number of carbonyl (C=O) groups excluding carboxylic acids is 2. The minimum Gasteiger partial charge on any atom is -0.480 e.